The highest BCUT2D eigenvalue weighted by Crippen LogP contribution is 2.28. The van der Waals surface area contributed by atoms with E-state index >= 15 is 0 Å². The van der Waals surface area contributed by atoms with Crippen molar-refractivity contribution in [1.82, 2.24) is 10.7 Å². The summed E-state index contributed by atoms with van der Waals surface area (Å²) in [6, 6.07) is 22.3. The Hall–Kier alpha value is -4.13. The van der Waals surface area contributed by atoms with Crippen molar-refractivity contribution < 1.29 is 19.1 Å². The van der Waals surface area contributed by atoms with Crippen LogP contribution in [0.1, 0.15) is 27.0 Å². The van der Waals surface area contributed by atoms with Gasteiger partial charge in [-0.15, -0.1) is 0 Å². The summed E-state index contributed by atoms with van der Waals surface area (Å²) in [4.78, 5) is 24.0. The molecular weight excluding hydrogens is 406 g/mol. The quantitative estimate of drug-likeness (QED) is 0.401. The molecule has 0 radical (unpaired) electrons. The van der Waals surface area contributed by atoms with Gasteiger partial charge in [-0.05, 0) is 48.4 Å². The average molecular weight is 431 g/mol. The average Bonchev–Trinajstić information content (AvgIpc) is 2.82. The van der Waals surface area contributed by atoms with E-state index < -0.39 is 5.91 Å². The molecule has 0 saturated heterocycles. The number of methoxy groups -OCH3 is 1. The number of aryl methyl sites for hydroxylation is 1. The Balaban J connectivity index is 1.49. The summed E-state index contributed by atoms with van der Waals surface area (Å²) in [5.74, 6) is 0.411. The molecule has 0 saturated carbocycles. The molecule has 0 aliphatic rings. The molecule has 3 rings (SSSR count). The lowest BCUT2D eigenvalue weighted by molar-refractivity contribution is -0.120. The van der Waals surface area contributed by atoms with Crippen molar-refractivity contribution in [2.24, 2.45) is 5.10 Å². The van der Waals surface area contributed by atoms with E-state index in [0.717, 1.165) is 16.7 Å². The first-order valence-corrected chi connectivity index (χ1v) is 10.1. The first kappa shape index (κ1) is 22.6. The van der Waals surface area contributed by atoms with E-state index in [9.17, 15) is 9.59 Å². The maximum Gasteiger partial charge on any atom is 0.259 e. The second-order valence-electron chi connectivity index (χ2n) is 7.03. The number of carbonyl (C=O) groups is 2. The van der Waals surface area contributed by atoms with E-state index in [2.05, 4.69) is 15.8 Å². The summed E-state index contributed by atoms with van der Waals surface area (Å²) >= 11 is 0. The molecule has 32 heavy (non-hydrogen) atoms. The van der Waals surface area contributed by atoms with Crippen LogP contribution in [0.4, 0.5) is 0 Å². The SMILES string of the molecule is COc1cc(C=NNC(=O)CNC(=O)c2ccc(C)cc2)ccc1OCc1ccccc1. The summed E-state index contributed by atoms with van der Waals surface area (Å²) in [7, 11) is 1.56. The van der Waals surface area contributed by atoms with Gasteiger partial charge in [-0.1, -0.05) is 48.0 Å². The minimum absolute atomic E-state index is 0.181. The molecule has 0 spiro atoms. The van der Waals surface area contributed by atoms with Gasteiger partial charge in [0.1, 0.15) is 6.61 Å². The Bertz CT molecular complexity index is 1080. The van der Waals surface area contributed by atoms with Crippen LogP contribution in [-0.2, 0) is 11.4 Å². The third-order valence-electron chi connectivity index (χ3n) is 4.55. The van der Waals surface area contributed by atoms with Crippen LogP contribution in [0.25, 0.3) is 0 Å². The van der Waals surface area contributed by atoms with E-state index in [1.807, 2.05) is 49.4 Å². The highest BCUT2D eigenvalue weighted by Gasteiger charge is 2.08. The second kappa shape index (κ2) is 11.3. The van der Waals surface area contributed by atoms with E-state index in [0.29, 0.717) is 23.7 Å². The fourth-order valence-corrected chi connectivity index (χ4v) is 2.80. The molecule has 0 aromatic heterocycles. The number of carbonyl (C=O) groups excluding carboxylic acids is 2. The van der Waals surface area contributed by atoms with E-state index in [-0.39, 0.29) is 12.5 Å². The highest BCUT2D eigenvalue weighted by atomic mass is 16.5. The van der Waals surface area contributed by atoms with Crippen molar-refractivity contribution in [3.05, 3.63) is 95.1 Å². The zero-order valence-corrected chi connectivity index (χ0v) is 18.0. The normalized spacial score (nSPS) is 10.6. The van der Waals surface area contributed by atoms with Crippen molar-refractivity contribution in [2.75, 3.05) is 13.7 Å². The minimum atomic E-state index is -0.434. The van der Waals surface area contributed by atoms with Crippen LogP contribution in [0.5, 0.6) is 11.5 Å². The fourth-order valence-electron chi connectivity index (χ4n) is 2.80. The molecule has 0 aliphatic heterocycles. The first-order valence-electron chi connectivity index (χ1n) is 10.1. The lowest BCUT2D eigenvalue weighted by atomic mass is 10.1. The van der Waals surface area contributed by atoms with Crippen molar-refractivity contribution in [3.8, 4) is 11.5 Å². The standard InChI is InChI=1S/C25H25N3O4/c1-18-8-11-21(12-9-18)25(30)26-16-24(29)28-27-15-20-10-13-22(23(14-20)31-2)32-17-19-6-4-3-5-7-19/h3-15H,16-17H2,1-2H3,(H,26,30)(H,28,29). The van der Waals surface area contributed by atoms with Gasteiger partial charge in [0.2, 0.25) is 0 Å². The lowest BCUT2D eigenvalue weighted by Gasteiger charge is -2.11. The molecular formula is C25H25N3O4. The molecule has 0 aliphatic carbocycles. The number of rotatable bonds is 9. The van der Waals surface area contributed by atoms with Crippen LogP contribution in [0.2, 0.25) is 0 Å². The van der Waals surface area contributed by atoms with Gasteiger partial charge in [-0.25, -0.2) is 5.43 Å². The number of hydrogen-bond donors (Lipinski definition) is 2. The van der Waals surface area contributed by atoms with Crippen LogP contribution in [0.15, 0.2) is 77.9 Å². The minimum Gasteiger partial charge on any atom is -0.493 e. The summed E-state index contributed by atoms with van der Waals surface area (Å²) < 4.78 is 11.2. The molecule has 7 heteroatoms. The maximum atomic E-state index is 12.0. The number of ether oxygens (including phenoxy) is 2. The van der Waals surface area contributed by atoms with Crippen LogP contribution < -0.4 is 20.2 Å². The number of hydrazone groups is 1. The fraction of sp³-hybridized carbons (Fsp3) is 0.160. The van der Waals surface area contributed by atoms with Crippen LogP contribution in [-0.4, -0.2) is 31.7 Å². The third kappa shape index (κ3) is 6.70. The molecule has 7 nitrogen and oxygen atoms in total. The van der Waals surface area contributed by atoms with Crippen LogP contribution in [0.3, 0.4) is 0 Å². The van der Waals surface area contributed by atoms with Gasteiger partial charge in [0, 0.05) is 5.56 Å². The van der Waals surface area contributed by atoms with Gasteiger partial charge in [0.05, 0.1) is 19.9 Å². The molecule has 2 amide bonds. The molecule has 0 heterocycles. The Morgan fingerprint density at radius 3 is 2.44 bits per heavy atom. The van der Waals surface area contributed by atoms with Crippen molar-refractivity contribution >= 4 is 18.0 Å². The molecule has 0 fully saturated rings. The first-order chi connectivity index (χ1) is 15.5. The molecule has 3 aromatic carbocycles. The van der Waals surface area contributed by atoms with E-state index in [1.54, 1.807) is 37.4 Å². The van der Waals surface area contributed by atoms with Crippen LogP contribution in [0, 0.1) is 6.92 Å². The third-order valence-corrected chi connectivity index (χ3v) is 4.55. The summed E-state index contributed by atoms with van der Waals surface area (Å²) in [5.41, 5.74) is 5.71. The largest absolute Gasteiger partial charge is 0.493 e. The number of nitrogens with zero attached hydrogens (tertiary/aromatic N) is 1. The topological polar surface area (TPSA) is 89.0 Å². The molecule has 164 valence electrons. The lowest BCUT2D eigenvalue weighted by Crippen LogP contribution is -2.34. The molecule has 0 atom stereocenters. The van der Waals surface area contributed by atoms with E-state index in [1.165, 1.54) is 6.21 Å². The highest BCUT2D eigenvalue weighted by molar-refractivity contribution is 5.96. The number of hydrogen-bond acceptors (Lipinski definition) is 5. The van der Waals surface area contributed by atoms with Gasteiger partial charge < -0.3 is 14.8 Å². The zero-order valence-electron chi connectivity index (χ0n) is 18.0. The predicted octanol–water partition coefficient (Wildman–Crippen LogP) is 3.46. The number of benzene rings is 3. The Labute approximate surface area is 187 Å². The van der Waals surface area contributed by atoms with Gasteiger partial charge in [0.15, 0.2) is 11.5 Å². The van der Waals surface area contributed by atoms with Gasteiger partial charge in [0.25, 0.3) is 11.8 Å². The summed E-state index contributed by atoms with van der Waals surface area (Å²) in [6.07, 6.45) is 1.49. The Morgan fingerprint density at radius 2 is 1.72 bits per heavy atom. The molecule has 2 N–H and O–H groups in total. The monoisotopic (exact) mass is 431 g/mol. The molecule has 0 unspecified atom stereocenters. The van der Waals surface area contributed by atoms with Crippen molar-refractivity contribution in [3.63, 3.8) is 0 Å². The van der Waals surface area contributed by atoms with Gasteiger partial charge in [-0.3, -0.25) is 9.59 Å². The molecule has 3 aromatic rings. The summed E-state index contributed by atoms with van der Waals surface area (Å²) in [6.45, 7) is 2.18. The number of amides is 2. The Kier molecular flexibility index (Phi) is 7.97. The van der Waals surface area contributed by atoms with Crippen molar-refractivity contribution in [1.29, 1.82) is 0 Å². The van der Waals surface area contributed by atoms with Gasteiger partial charge in [-0.2, -0.15) is 5.10 Å². The smallest absolute Gasteiger partial charge is 0.259 e. The molecule has 0 bridgehead atoms. The predicted molar refractivity (Wildman–Crippen MR) is 123 cm³/mol. The second-order valence-corrected chi connectivity index (χ2v) is 7.03. The summed E-state index contributed by atoms with van der Waals surface area (Å²) in [5, 5.41) is 6.49. The Morgan fingerprint density at radius 1 is 0.969 bits per heavy atom. The van der Waals surface area contributed by atoms with E-state index in [4.69, 9.17) is 9.47 Å². The van der Waals surface area contributed by atoms with Gasteiger partial charge >= 0.3 is 0 Å². The van der Waals surface area contributed by atoms with Crippen molar-refractivity contribution in [2.45, 2.75) is 13.5 Å². The van der Waals surface area contributed by atoms with Crippen LogP contribution >= 0.6 is 0 Å². The number of nitrogens with one attached hydrogen (secondary N) is 2. The zero-order chi connectivity index (χ0) is 22.8. The maximum absolute atomic E-state index is 12.0.